The number of H-pyrrole nitrogens is 1. The lowest BCUT2D eigenvalue weighted by atomic mass is 10.1. The van der Waals surface area contributed by atoms with E-state index >= 15 is 0 Å². The van der Waals surface area contributed by atoms with Gasteiger partial charge in [-0.2, -0.15) is 0 Å². The number of rotatable bonds is 9. The molecule has 1 aliphatic rings. The number of aromatic amines is 1. The highest BCUT2D eigenvalue weighted by Crippen LogP contribution is 2.49. The van der Waals surface area contributed by atoms with E-state index in [9.17, 15) is 30.8 Å². The summed E-state index contributed by atoms with van der Waals surface area (Å²) in [5.74, 6) is -6.73. The number of benzene rings is 1. The molecule has 1 saturated carbocycles. The maximum atomic E-state index is 13.4. The molecule has 1 aliphatic carbocycles. The van der Waals surface area contributed by atoms with Crippen molar-refractivity contribution in [2.75, 3.05) is 21.1 Å². The molecule has 11 nitrogen and oxygen atoms in total. The lowest BCUT2D eigenvalue weighted by Gasteiger charge is -2.16. The SMILES string of the molecule is CCS(=O)(=O)Nc1cc(-c2cncn2C)ccc1Nc1cc(NC(=O)[C@H]2CC2(F)F)nc2nc(C(F)F)[nH]c12. The van der Waals surface area contributed by atoms with Gasteiger partial charge < -0.3 is 20.2 Å². The number of alkyl halides is 4. The number of amides is 1. The molecule has 39 heavy (non-hydrogen) atoms. The Balaban J connectivity index is 1.57. The summed E-state index contributed by atoms with van der Waals surface area (Å²) in [6.07, 6.45) is -0.395. The molecule has 206 valence electrons. The minimum Gasteiger partial charge on any atom is -0.352 e. The summed E-state index contributed by atoms with van der Waals surface area (Å²) in [7, 11) is -1.97. The van der Waals surface area contributed by atoms with Crippen molar-refractivity contribution in [3.05, 3.63) is 42.6 Å². The van der Waals surface area contributed by atoms with Gasteiger partial charge in [0.15, 0.2) is 11.5 Å². The molecule has 5 rings (SSSR count). The summed E-state index contributed by atoms with van der Waals surface area (Å²) in [6.45, 7) is 1.46. The fraction of sp³-hybridized carbons (Fsp3) is 0.304. The van der Waals surface area contributed by atoms with Gasteiger partial charge in [0.2, 0.25) is 15.9 Å². The third-order valence-electron chi connectivity index (χ3n) is 6.13. The predicted molar refractivity (Wildman–Crippen MR) is 136 cm³/mol. The first kappa shape index (κ1) is 26.4. The van der Waals surface area contributed by atoms with E-state index in [0.717, 1.165) is 0 Å². The van der Waals surface area contributed by atoms with Gasteiger partial charge in [-0.1, -0.05) is 6.07 Å². The molecular weight excluding hydrogens is 544 g/mol. The molecule has 0 aliphatic heterocycles. The monoisotopic (exact) mass is 566 g/mol. The first-order chi connectivity index (χ1) is 18.4. The summed E-state index contributed by atoms with van der Waals surface area (Å²) in [5.41, 5.74) is 1.59. The van der Waals surface area contributed by atoms with Crippen LogP contribution in [0.15, 0.2) is 36.8 Å². The Morgan fingerprint density at radius 1 is 1.21 bits per heavy atom. The number of carbonyl (C=O) groups excluding carboxylic acids is 1. The number of anilines is 4. The van der Waals surface area contributed by atoms with Crippen molar-refractivity contribution in [2.45, 2.75) is 25.7 Å². The number of carbonyl (C=O) groups is 1. The van der Waals surface area contributed by atoms with Gasteiger partial charge in [-0.05, 0) is 19.1 Å². The number of hydrogen-bond acceptors (Lipinski definition) is 7. The summed E-state index contributed by atoms with van der Waals surface area (Å²) in [6, 6.07) is 6.08. The summed E-state index contributed by atoms with van der Waals surface area (Å²) >= 11 is 0. The number of nitrogens with one attached hydrogen (secondary N) is 4. The predicted octanol–water partition coefficient (Wildman–Crippen LogP) is 4.39. The number of aromatic nitrogens is 5. The Morgan fingerprint density at radius 3 is 2.56 bits per heavy atom. The molecule has 4 N–H and O–H groups in total. The summed E-state index contributed by atoms with van der Waals surface area (Å²) in [5, 5.41) is 5.25. The second-order valence-corrected chi connectivity index (χ2v) is 11.0. The molecule has 4 aromatic rings. The van der Waals surface area contributed by atoms with Gasteiger partial charge in [-0.3, -0.25) is 9.52 Å². The van der Waals surface area contributed by atoms with E-state index in [-0.39, 0.29) is 39.8 Å². The highest BCUT2D eigenvalue weighted by atomic mass is 32.2. The van der Waals surface area contributed by atoms with Gasteiger partial charge in [0.05, 0.1) is 41.0 Å². The van der Waals surface area contributed by atoms with Crippen LogP contribution in [0.2, 0.25) is 0 Å². The fourth-order valence-electron chi connectivity index (χ4n) is 3.90. The Bertz CT molecular complexity index is 1690. The highest BCUT2D eigenvalue weighted by Gasteiger charge is 2.61. The largest absolute Gasteiger partial charge is 0.352 e. The normalized spacial score (nSPS) is 16.4. The number of halogens is 4. The maximum absolute atomic E-state index is 13.4. The van der Waals surface area contributed by atoms with Crippen LogP contribution in [0.1, 0.15) is 25.6 Å². The van der Waals surface area contributed by atoms with Crippen LogP contribution in [0, 0.1) is 5.92 Å². The number of sulfonamides is 1. The van der Waals surface area contributed by atoms with Gasteiger partial charge in [0, 0.05) is 25.1 Å². The third kappa shape index (κ3) is 5.36. The van der Waals surface area contributed by atoms with Crippen molar-refractivity contribution < 1.29 is 30.8 Å². The van der Waals surface area contributed by atoms with Crippen molar-refractivity contribution in [3.63, 3.8) is 0 Å². The van der Waals surface area contributed by atoms with E-state index in [1.807, 2.05) is 0 Å². The molecule has 1 atom stereocenters. The number of aryl methyl sites for hydroxylation is 1. The summed E-state index contributed by atoms with van der Waals surface area (Å²) < 4.78 is 82.7. The number of hydrogen-bond donors (Lipinski definition) is 4. The molecule has 0 saturated heterocycles. The fourth-order valence-corrected chi connectivity index (χ4v) is 4.55. The van der Waals surface area contributed by atoms with Crippen LogP contribution < -0.4 is 15.4 Å². The lowest BCUT2D eigenvalue weighted by molar-refractivity contribution is -0.119. The van der Waals surface area contributed by atoms with Gasteiger partial charge in [0.1, 0.15) is 17.3 Å². The number of pyridine rings is 1. The minimum atomic E-state index is -3.74. The molecule has 1 aromatic carbocycles. The average molecular weight is 567 g/mol. The molecule has 1 amide bonds. The van der Waals surface area contributed by atoms with Crippen LogP contribution in [-0.4, -0.2) is 50.5 Å². The van der Waals surface area contributed by atoms with Crippen molar-refractivity contribution in [3.8, 4) is 11.3 Å². The molecule has 1 fully saturated rings. The standard InChI is InChI=1S/C23H22F4N8O3S/c1-3-39(37,38)34-14-6-11(16-9-28-10-35(16)2)4-5-13(14)29-15-7-17(31-22(36)12-8-23(12,26)27)30-20-18(15)32-21(33-20)19(24)25/h4-7,9-10,12,19,34H,3,8H2,1-2H3,(H3,29,30,31,32,33,36)/t12-/m1/s1. The van der Waals surface area contributed by atoms with Crippen molar-refractivity contribution >= 4 is 50.0 Å². The number of fused-ring (bicyclic) bond motifs is 1. The average Bonchev–Trinajstić information content (AvgIpc) is 3.18. The number of nitrogens with zero attached hydrogens (tertiary/aromatic N) is 4. The van der Waals surface area contributed by atoms with Crippen LogP contribution in [0.4, 0.5) is 40.4 Å². The molecule has 0 spiro atoms. The van der Waals surface area contributed by atoms with Crippen LogP contribution >= 0.6 is 0 Å². The molecule has 0 bridgehead atoms. The van der Waals surface area contributed by atoms with Gasteiger partial charge in [-0.25, -0.2) is 40.9 Å². The number of imidazole rings is 2. The van der Waals surface area contributed by atoms with E-state index in [1.165, 1.54) is 13.0 Å². The first-order valence-corrected chi connectivity index (χ1v) is 13.3. The minimum absolute atomic E-state index is 0.0278. The molecular formula is C23H22F4N8O3S. The maximum Gasteiger partial charge on any atom is 0.295 e. The quantitative estimate of drug-likeness (QED) is 0.220. The topological polar surface area (TPSA) is 147 Å². The molecule has 3 heterocycles. The van der Waals surface area contributed by atoms with E-state index in [4.69, 9.17) is 0 Å². The van der Waals surface area contributed by atoms with Crippen molar-refractivity contribution in [1.82, 2.24) is 24.5 Å². The Kier molecular flexibility index (Phi) is 6.44. The van der Waals surface area contributed by atoms with E-state index in [1.54, 1.807) is 42.3 Å². The first-order valence-electron chi connectivity index (χ1n) is 11.6. The molecule has 16 heteroatoms. The lowest BCUT2D eigenvalue weighted by Crippen LogP contribution is -2.18. The van der Waals surface area contributed by atoms with Crippen LogP contribution in [0.5, 0.6) is 0 Å². The third-order valence-corrected chi connectivity index (χ3v) is 7.42. The smallest absolute Gasteiger partial charge is 0.295 e. The Hall–Kier alpha value is -4.21. The van der Waals surface area contributed by atoms with E-state index in [0.29, 0.717) is 11.3 Å². The highest BCUT2D eigenvalue weighted by molar-refractivity contribution is 7.92. The second kappa shape index (κ2) is 9.52. The van der Waals surface area contributed by atoms with Gasteiger partial charge in [-0.15, -0.1) is 0 Å². The van der Waals surface area contributed by atoms with Gasteiger partial charge >= 0.3 is 0 Å². The van der Waals surface area contributed by atoms with Crippen LogP contribution in [0.25, 0.3) is 22.4 Å². The van der Waals surface area contributed by atoms with Crippen molar-refractivity contribution in [1.29, 1.82) is 0 Å². The van der Waals surface area contributed by atoms with E-state index in [2.05, 4.69) is 35.3 Å². The molecule has 0 radical (unpaired) electrons. The zero-order valence-electron chi connectivity index (χ0n) is 20.5. The zero-order valence-corrected chi connectivity index (χ0v) is 21.3. The Labute approximate surface area is 219 Å². The van der Waals surface area contributed by atoms with Crippen LogP contribution in [0.3, 0.4) is 0 Å². The second-order valence-electron chi connectivity index (χ2n) is 8.96. The van der Waals surface area contributed by atoms with Crippen LogP contribution in [-0.2, 0) is 21.9 Å². The van der Waals surface area contributed by atoms with Gasteiger partial charge in [0.25, 0.3) is 12.3 Å². The molecule has 0 unspecified atom stereocenters. The summed E-state index contributed by atoms with van der Waals surface area (Å²) in [4.78, 5) is 26.5. The van der Waals surface area contributed by atoms with E-state index < -0.39 is 46.4 Å². The zero-order chi connectivity index (χ0) is 28.1. The molecule has 3 aromatic heterocycles. The van der Waals surface area contributed by atoms with Crippen molar-refractivity contribution in [2.24, 2.45) is 13.0 Å². The Morgan fingerprint density at radius 2 is 1.95 bits per heavy atom.